The Labute approximate surface area is 188 Å². The first-order chi connectivity index (χ1) is 15.0. The fourth-order valence-electron chi connectivity index (χ4n) is 2.73. The van der Waals surface area contributed by atoms with Crippen LogP contribution in [0.4, 0.5) is 11.4 Å². The molecule has 10 heteroatoms. The Hall–Kier alpha value is -2.98. The van der Waals surface area contributed by atoms with Crippen molar-refractivity contribution in [2.75, 3.05) is 23.8 Å². The van der Waals surface area contributed by atoms with Crippen molar-refractivity contribution in [2.45, 2.75) is 52.6 Å². The van der Waals surface area contributed by atoms with Gasteiger partial charge in [-0.2, -0.15) is 0 Å². The van der Waals surface area contributed by atoms with E-state index >= 15 is 0 Å². The number of hydrogen-bond donors (Lipinski definition) is 6. The molecule has 0 saturated heterocycles. The van der Waals surface area contributed by atoms with Crippen molar-refractivity contribution in [3.05, 3.63) is 24.3 Å². The van der Waals surface area contributed by atoms with Gasteiger partial charge in [-0.15, -0.1) is 0 Å². The normalized spacial score (nSPS) is 12.8. The summed E-state index contributed by atoms with van der Waals surface area (Å²) in [5, 5.41) is 29.0. The quantitative estimate of drug-likeness (QED) is 0.274. The maximum Gasteiger partial charge on any atom is 0.249 e. The van der Waals surface area contributed by atoms with Gasteiger partial charge in [0.05, 0.1) is 13.2 Å². The molecule has 4 amide bonds. The predicted molar refractivity (Wildman–Crippen MR) is 121 cm³/mol. The molecule has 6 N–H and O–H groups in total. The molecule has 0 unspecified atom stereocenters. The number of hydrogen-bond acceptors (Lipinski definition) is 6. The van der Waals surface area contributed by atoms with Crippen LogP contribution < -0.4 is 21.3 Å². The topological polar surface area (TPSA) is 157 Å². The number of aliphatic hydroxyl groups excluding tert-OH is 2. The van der Waals surface area contributed by atoms with E-state index in [1.54, 1.807) is 0 Å². The smallest absolute Gasteiger partial charge is 0.249 e. The average Bonchev–Trinajstić information content (AvgIpc) is 2.70. The van der Waals surface area contributed by atoms with E-state index in [1.165, 1.54) is 24.3 Å². The Bertz CT molecular complexity index is 714. The van der Waals surface area contributed by atoms with Crippen molar-refractivity contribution in [3.63, 3.8) is 0 Å². The van der Waals surface area contributed by atoms with Crippen LogP contribution in [-0.4, -0.2) is 59.1 Å². The van der Waals surface area contributed by atoms with Crippen molar-refractivity contribution in [3.8, 4) is 0 Å². The van der Waals surface area contributed by atoms with Gasteiger partial charge in [0.15, 0.2) is 0 Å². The van der Waals surface area contributed by atoms with E-state index in [2.05, 4.69) is 21.3 Å². The van der Waals surface area contributed by atoms with E-state index in [1.807, 2.05) is 27.7 Å². The van der Waals surface area contributed by atoms with Gasteiger partial charge in [-0.1, -0.05) is 27.7 Å². The summed E-state index contributed by atoms with van der Waals surface area (Å²) in [5.74, 6) is -1.56. The molecule has 1 aromatic rings. The molecular weight excluding hydrogens is 416 g/mol. The standard InChI is InChI=1S/C22H34N4O6/c1-13(2)9-19(29)25-17(11-27)21(31)23-15-5-7-16(8-6-15)24-22(32)18(12-28)26-20(30)10-14(3)4/h5-8,13-14,17-18,27-28H,9-12H2,1-4H3,(H,23,31)(H,24,32)(H,25,29)(H,26,30)/t17-,18-/m0/s1. The maximum absolute atomic E-state index is 12.3. The lowest BCUT2D eigenvalue weighted by molar-refractivity contribution is -0.127. The van der Waals surface area contributed by atoms with Gasteiger partial charge in [0.1, 0.15) is 12.1 Å². The van der Waals surface area contributed by atoms with Gasteiger partial charge in [0, 0.05) is 24.2 Å². The monoisotopic (exact) mass is 450 g/mol. The Kier molecular flexibility index (Phi) is 11.4. The minimum Gasteiger partial charge on any atom is -0.394 e. The summed E-state index contributed by atoms with van der Waals surface area (Å²) >= 11 is 0. The number of benzene rings is 1. The first-order valence-electron chi connectivity index (χ1n) is 10.6. The number of rotatable bonds is 12. The molecule has 0 saturated carbocycles. The van der Waals surface area contributed by atoms with Crippen LogP contribution in [0.1, 0.15) is 40.5 Å². The van der Waals surface area contributed by atoms with Gasteiger partial charge in [0.25, 0.3) is 0 Å². The average molecular weight is 451 g/mol. The van der Waals surface area contributed by atoms with Crippen molar-refractivity contribution in [2.24, 2.45) is 11.8 Å². The summed E-state index contributed by atoms with van der Waals surface area (Å²) in [6, 6.07) is 3.96. The number of amides is 4. The predicted octanol–water partition coefficient (Wildman–Crippen LogP) is 0.610. The van der Waals surface area contributed by atoms with E-state index < -0.39 is 37.1 Å². The number of nitrogens with one attached hydrogen (secondary N) is 4. The molecule has 10 nitrogen and oxygen atoms in total. The highest BCUT2D eigenvalue weighted by atomic mass is 16.3. The van der Waals surface area contributed by atoms with Crippen molar-refractivity contribution in [1.82, 2.24) is 10.6 Å². The van der Waals surface area contributed by atoms with Crippen LogP contribution in [0, 0.1) is 11.8 Å². The van der Waals surface area contributed by atoms with Crippen LogP contribution in [0.5, 0.6) is 0 Å². The fourth-order valence-corrected chi connectivity index (χ4v) is 2.73. The van der Waals surface area contributed by atoms with Crippen LogP contribution in [0.25, 0.3) is 0 Å². The zero-order valence-corrected chi connectivity index (χ0v) is 19.0. The number of aliphatic hydroxyl groups is 2. The molecule has 0 radical (unpaired) electrons. The van der Waals surface area contributed by atoms with Crippen molar-refractivity contribution < 1.29 is 29.4 Å². The van der Waals surface area contributed by atoms with E-state index in [4.69, 9.17) is 0 Å². The molecule has 0 heterocycles. The summed E-state index contributed by atoms with van der Waals surface area (Å²) < 4.78 is 0. The summed E-state index contributed by atoms with van der Waals surface area (Å²) in [6.45, 7) is 6.39. The van der Waals surface area contributed by atoms with Crippen LogP contribution in [0.15, 0.2) is 24.3 Å². The van der Waals surface area contributed by atoms with Crippen LogP contribution in [-0.2, 0) is 19.2 Å². The Morgan fingerprint density at radius 2 is 1.00 bits per heavy atom. The zero-order chi connectivity index (χ0) is 24.3. The van der Waals surface area contributed by atoms with Crippen molar-refractivity contribution in [1.29, 1.82) is 0 Å². The molecule has 0 fully saturated rings. The van der Waals surface area contributed by atoms with E-state index in [-0.39, 0.29) is 36.5 Å². The summed E-state index contributed by atoms with van der Waals surface area (Å²) in [6.07, 6.45) is 0.482. The van der Waals surface area contributed by atoms with Gasteiger partial charge in [-0.05, 0) is 36.1 Å². The highest BCUT2D eigenvalue weighted by Gasteiger charge is 2.22. The molecule has 0 aliphatic rings. The summed E-state index contributed by atoms with van der Waals surface area (Å²) in [4.78, 5) is 48.3. The molecular formula is C22H34N4O6. The minimum atomic E-state index is -1.08. The Morgan fingerprint density at radius 3 is 1.25 bits per heavy atom. The second kappa shape index (κ2) is 13.4. The second-order valence-electron chi connectivity index (χ2n) is 8.36. The SMILES string of the molecule is CC(C)CC(=O)N[C@@H](CO)C(=O)Nc1ccc(NC(=O)[C@H](CO)NC(=O)CC(C)C)cc1. The van der Waals surface area contributed by atoms with Crippen LogP contribution in [0.2, 0.25) is 0 Å². The minimum absolute atomic E-state index is 0.120. The van der Waals surface area contributed by atoms with Crippen molar-refractivity contribution >= 4 is 35.0 Å². The largest absolute Gasteiger partial charge is 0.394 e. The highest BCUT2D eigenvalue weighted by Crippen LogP contribution is 2.14. The highest BCUT2D eigenvalue weighted by molar-refractivity contribution is 5.99. The first kappa shape index (κ1) is 27.1. The van der Waals surface area contributed by atoms with Gasteiger partial charge >= 0.3 is 0 Å². The fraction of sp³-hybridized carbons (Fsp3) is 0.545. The maximum atomic E-state index is 12.3. The second-order valence-corrected chi connectivity index (χ2v) is 8.36. The van der Waals surface area contributed by atoms with Gasteiger partial charge in [-0.25, -0.2) is 0 Å². The molecule has 32 heavy (non-hydrogen) atoms. The third kappa shape index (κ3) is 9.88. The first-order valence-corrected chi connectivity index (χ1v) is 10.6. The van der Waals surface area contributed by atoms with Crippen LogP contribution >= 0.6 is 0 Å². The lowest BCUT2D eigenvalue weighted by atomic mass is 10.1. The summed E-state index contributed by atoms with van der Waals surface area (Å²) in [7, 11) is 0. The molecule has 0 aliphatic carbocycles. The van der Waals surface area contributed by atoms with Gasteiger partial charge < -0.3 is 31.5 Å². The summed E-state index contributed by atoms with van der Waals surface area (Å²) in [5.41, 5.74) is 0.794. The van der Waals surface area contributed by atoms with Crippen LogP contribution in [0.3, 0.4) is 0 Å². The number of anilines is 2. The molecule has 1 aromatic carbocycles. The molecule has 1 rings (SSSR count). The van der Waals surface area contributed by atoms with E-state index in [0.29, 0.717) is 11.4 Å². The van der Waals surface area contributed by atoms with E-state index in [9.17, 15) is 29.4 Å². The molecule has 0 spiro atoms. The third-order valence-electron chi connectivity index (χ3n) is 4.28. The zero-order valence-electron chi connectivity index (χ0n) is 19.0. The lowest BCUT2D eigenvalue weighted by Crippen LogP contribution is -2.46. The third-order valence-corrected chi connectivity index (χ3v) is 4.28. The number of carbonyl (C=O) groups excluding carboxylic acids is 4. The molecule has 178 valence electrons. The molecule has 0 aromatic heterocycles. The molecule has 0 bridgehead atoms. The van der Waals surface area contributed by atoms with Gasteiger partial charge in [0.2, 0.25) is 23.6 Å². The Morgan fingerprint density at radius 1 is 0.688 bits per heavy atom. The Balaban J connectivity index is 2.66. The van der Waals surface area contributed by atoms with E-state index in [0.717, 1.165) is 0 Å². The van der Waals surface area contributed by atoms with Gasteiger partial charge in [-0.3, -0.25) is 19.2 Å². The number of carbonyl (C=O) groups is 4. The lowest BCUT2D eigenvalue weighted by Gasteiger charge is -2.18. The molecule has 0 aliphatic heterocycles. The molecule has 2 atom stereocenters.